The minimum atomic E-state index is 0.278. The van der Waals surface area contributed by atoms with Crippen molar-refractivity contribution in [2.24, 2.45) is 0 Å². The fourth-order valence-corrected chi connectivity index (χ4v) is 1.20. The molecular formula is C11H13NO. The van der Waals surface area contributed by atoms with Crippen LogP contribution in [0.4, 0.5) is 0 Å². The topological polar surface area (TPSA) is 33.0 Å². The maximum atomic E-state index is 8.54. The van der Waals surface area contributed by atoms with Gasteiger partial charge >= 0.3 is 0 Å². The molecule has 0 radical (unpaired) electrons. The Bertz CT molecular complexity index is 314. The van der Waals surface area contributed by atoms with E-state index in [1.807, 2.05) is 31.2 Å². The van der Waals surface area contributed by atoms with Crippen molar-refractivity contribution >= 4 is 0 Å². The molecule has 0 N–H and O–H groups in total. The molecule has 0 aromatic heterocycles. The first-order valence-electron chi connectivity index (χ1n) is 4.29. The van der Waals surface area contributed by atoms with Crippen LogP contribution in [0.2, 0.25) is 0 Å². The summed E-state index contributed by atoms with van der Waals surface area (Å²) in [6.45, 7) is 2.04. The van der Waals surface area contributed by atoms with E-state index >= 15 is 0 Å². The third-order valence-electron chi connectivity index (χ3n) is 2.06. The summed E-state index contributed by atoms with van der Waals surface area (Å²) in [5.74, 6) is 1.13. The molecule has 0 heterocycles. The second kappa shape index (κ2) is 4.51. The molecule has 1 aromatic rings. The summed E-state index contributed by atoms with van der Waals surface area (Å²) in [6.07, 6.45) is 0.549. The van der Waals surface area contributed by atoms with E-state index in [0.29, 0.717) is 6.42 Å². The van der Waals surface area contributed by atoms with Gasteiger partial charge in [-0.05, 0) is 23.6 Å². The van der Waals surface area contributed by atoms with Crippen LogP contribution in [0, 0.1) is 11.3 Å². The second-order valence-electron chi connectivity index (χ2n) is 3.04. The largest absolute Gasteiger partial charge is 0.497 e. The van der Waals surface area contributed by atoms with Gasteiger partial charge in [-0.3, -0.25) is 0 Å². The van der Waals surface area contributed by atoms with E-state index in [-0.39, 0.29) is 5.92 Å². The lowest BCUT2D eigenvalue weighted by atomic mass is 9.98. The smallest absolute Gasteiger partial charge is 0.119 e. The Balaban J connectivity index is 2.83. The quantitative estimate of drug-likeness (QED) is 0.707. The minimum Gasteiger partial charge on any atom is -0.497 e. The van der Waals surface area contributed by atoms with Crippen molar-refractivity contribution in [2.75, 3.05) is 7.11 Å². The van der Waals surface area contributed by atoms with E-state index < -0.39 is 0 Å². The van der Waals surface area contributed by atoms with Gasteiger partial charge in [0.25, 0.3) is 0 Å². The summed E-state index contributed by atoms with van der Waals surface area (Å²) >= 11 is 0. The highest BCUT2D eigenvalue weighted by Gasteiger charge is 2.04. The Hall–Kier alpha value is -1.49. The standard InChI is InChI=1S/C11H13NO/c1-9(6-7-12)10-4-3-5-11(8-10)13-2/h3-5,8-9H,6H2,1-2H3. The fraction of sp³-hybridized carbons (Fsp3) is 0.364. The lowest BCUT2D eigenvalue weighted by Gasteiger charge is -2.08. The molecule has 0 amide bonds. The summed E-state index contributed by atoms with van der Waals surface area (Å²) in [5, 5.41) is 8.54. The first kappa shape index (κ1) is 9.60. The van der Waals surface area contributed by atoms with Crippen LogP contribution >= 0.6 is 0 Å². The third kappa shape index (κ3) is 2.48. The lowest BCUT2D eigenvalue weighted by molar-refractivity contribution is 0.414. The molecule has 2 heteroatoms. The summed E-state index contributed by atoms with van der Waals surface area (Å²) in [4.78, 5) is 0. The van der Waals surface area contributed by atoms with Crippen LogP contribution in [0.15, 0.2) is 24.3 Å². The number of nitrogens with zero attached hydrogens (tertiary/aromatic N) is 1. The van der Waals surface area contributed by atoms with Gasteiger partial charge in [-0.2, -0.15) is 5.26 Å². The molecule has 68 valence electrons. The van der Waals surface area contributed by atoms with Gasteiger partial charge in [0.2, 0.25) is 0 Å². The molecule has 0 bridgehead atoms. The molecule has 1 unspecified atom stereocenters. The number of nitriles is 1. The summed E-state index contributed by atoms with van der Waals surface area (Å²) in [6, 6.07) is 10.0. The van der Waals surface area contributed by atoms with Crippen LogP contribution in [0.5, 0.6) is 5.75 Å². The Morgan fingerprint density at radius 1 is 1.54 bits per heavy atom. The molecule has 1 rings (SSSR count). The predicted octanol–water partition coefficient (Wildman–Crippen LogP) is 2.71. The van der Waals surface area contributed by atoms with Crippen molar-refractivity contribution in [3.05, 3.63) is 29.8 Å². The zero-order chi connectivity index (χ0) is 9.68. The number of hydrogen-bond acceptors (Lipinski definition) is 2. The van der Waals surface area contributed by atoms with E-state index in [1.165, 1.54) is 0 Å². The van der Waals surface area contributed by atoms with Crippen molar-refractivity contribution in [2.45, 2.75) is 19.3 Å². The van der Waals surface area contributed by atoms with Gasteiger partial charge in [0, 0.05) is 6.42 Å². The number of methoxy groups -OCH3 is 1. The number of benzene rings is 1. The molecule has 0 aliphatic carbocycles. The Labute approximate surface area is 78.8 Å². The Morgan fingerprint density at radius 2 is 2.31 bits per heavy atom. The maximum Gasteiger partial charge on any atom is 0.119 e. The van der Waals surface area contributed by atoms with E-state index in [1.54, 1.807) is 7.11 Å². The van der Waals surface area contributed by atoms with Crippen LogP contribution in [0.25, 0.3) is 0 Å². The van der Waals surface area contributed by atoms with Crippen LogP contribution in [-0.2, 0) is 0 Å². The van der Waals surface area contributed by atoms with E-state index in [4.69, 9.17) is 10.00 Å². The summed E-state index contributed by atoms with van der Waals surface area (Å²) < 4.78 is 5.10. The van der Waals surface area contributed by atoms with Crippen LogP contribution in [0.3, 0.4) is 0 Å². The molecule has 1 aromatic carbocycles. The zero-order valence-corrected chi connectivity index (χ0v) is 7.95. The number of ether oxygens (including phenoxy) is 1. The highest BCUT2D eigenvalue weighted by molar-refractivity contribution is 5.30. The van der Waals surface area contributed by atoms with Gasteiger partial charge in [-0.1, -0.05) is 19.1 Å². The van der Waals surface area contributed by atoms with Gasteiger partial charge in [0.1, 0.15) is 5.75 Å². The van der Waals surface area contributed by atoms with Gasteiger partial charge in [0.05, 0.1) is 13.2 Å². The Morgan fingerprint density at radius 3 is 2.92 bits per heavy atom. The molecule has 0 saturated heterocycles. The van der Waals surface area contributed by atoms with Crippen molar-refractivity contribution in [1.82, 2.24) is 0 Å². The second-order valence-corrected chi connectivity index (χ2v) is 3.04. The average molecular weight is 175 g/mol. The lowest BCUT2D eigenvalue weighted by Crippen LogP contribution is -1.92. The number of rotatable bonds is 3. The van der Waals surface area contributed by atoms with Crippen LogP contribution in [-0.4, -0.2) is 7.11 Å². The van der Waals surface area contributed by atoms with Crippen LogP contribution in [0.1, 0.15) is 24.8 Å². The molecule has 1 atom stereocenters. The summed E-state index contributed by atoms with van der Waals surface area (Å²) in [5.41, 5.74) is 1.15. The van der Waals surface area contributed by atoms with Gasteiger partial charge in [-0.15, -0.1) is 0 Å². The molecular weight excluding hydrogens is 162 g/mol. The molecule has 0 saturated carbocycles. The molecule has 0 fully saturated rings. The highest BCUT2D eigenvalue weighted by Crippen LogP contribution is 2.22. The first-order chi connectivity index (χ1) is 6.27. The predicted molar refractivity (Wildman–Crippen MR) is 51.6 cm³/mol. The molecule has 0 spiro atoms. The van der Waals surface area contributed by atoms with Crippen LogP contribution < -0.4 is 4.74 Å². The normalized spacial score (nSPS) is 11.8. The first-order valence-corrected chi connectivity index (χ1v) is 4.29. The average Bonchev–Trinajstić information content (AvgIpc) is 2.18. The van der Waals surface area contributed by atoms with Gasteiger partial charge in [-0.25, -0.2) is 0 Å². The SMILES string of the molecule is COc1cccc(C(C)CC#N)c1. The van der Waals surface area contributed by atoms with Crippen molar-refractivity contribution in [3.63, 3.8) is 0 Å². The van der Waals surface area contributed by atoms with E-state index in [0.717, 1.165) is 11.3 Å². The highest BCUT2D eigenvalue weighted by atomic mass is 16.5. The zero-order valence-electron chi connectivity index (χ0n) is 7.95. The molecule has 2 nitrogen and oxygen atoms in total. The Kier molecular flexibility index (Phi) is 3.33. The van der Waals surface area contributed by atoms with Crippen molar-refractivity contribution in [3.8, 4) is 11.8 Å². The van der Waals surface area contributed by atoms with E-state index in [2.05, 4.69) is 6.07 Å². The number of hydrogen-bond donors (Lipinski definition) is 0. The molecule has 13 heavy (non-hydrogen) atoms. The summed E-state index contributed by atoms with van der Waals surface area (Å²) in [7, 11) is 1.65. The van der Waals surface area contributed by atoms with Gasteiger partial charge < -0.3 is 4.74 Å². The van der Waals surface area contributed by atoms with Crippen molar-refractivity contribution < 1.29 is 4.74 Å². The van der Waals surface area contributed by atoms with E-state index in [9.17, 15) is 0 Å². The maximum absolute atomic E-state index is 8.54. The third-order valence-corrected chi connectivity index (χ3v) is 2.06. The van der Waals surface area contributed by atoms with Crippen molar-refractivity contribution in [1.29, 1.82) is 5.26 Å². The molecule has 0 aliphatic rings. The fourth-order valence-electron chi connectivity index (χ4n) is 1.20. The minimum absolute atomic E-state index is 0.278. The molecule has 0 aliphatic heterocycles. The monoisotopic (exact) mass is 175 g/mol. The van der Waals surface area contributed by atoms with Gasteiger partial charge in [0.15, 0.2) is 0 Å².